The monoisotopic (exact) mass is 494 g/mol. The van der Waals surface area contributed by atoms with Gasteiger partial charge in [0.2, 0.25) is 5.91 Å². The summed E-state index contributed by atoms with van der Waals surface area (Å²) in [6.45, 7) is -0.0474. The molecule has 1 unspecified atom stereocenters. The lowest BCUT2D eigenvalue weighted by molar-refractivity contribution is -0.206. The first-order valence-electron chi connectivity index (χ1n) is 11.1. The van der Waals surface area contributed by atoms with Crippen LogP contribution in [0.4, 0.5) is 17.6 Å². The van der Waals surface area contributed by atoms with Gasteiger partial charge in [-0.2, -0.15) is 18.3 Å². The van der Waals surface area contributed by atoms with Gasteiger partial charge in [-0.25, -0.2) is 4.39 Å². The number of halogens is 4. The zero-order chi connectivity index (χ0) is 25.2. The van der Waals surface area contributed by atoms with E-state index < -0.39 is 40.7 Å². The quantitative estimate of drug-likeness (QED) is 0.645. The number of carbonyl (C=O) groups is 3. The third kappa shape index (κ3) is 3.84. The summed E-state index contributed by atoms with van der Waals surface area (Å²) < 4.78 is 54.6. The molecule has 1 aromatic carbocycles. The molecule has 1 aromatic heterocycles. The van der Waals surface area contributed by atoms with Crippen molar-refractivity contribution >= 4 is 17.8 Å². The molecule has 186 valence electrons. The number of alkyl halides is 3. The first-order chi connectivity index (χ1) is 16.4. The van der Waals surface area contributed by atoms with Gasteiger partial charge in [0, 0.05) is 37.8 Å². The van der Waals surface area contributed by atoms with Gasteiger partial charge in [-0.05, 0) is 30.5 Å². The largest absolute Gasteiger partial charge is 0.481 e. The maximum atomic E-state index is 13.3. The number of aromatic nitrogens is 2. The fraction of sp³-hybridized carbons (Fsp3) is 0.478. The lowest BCUT2D eigenvalue weighted by Crippen LogP contribution is -2.65. The van der Waals surface area contributed by atoms with E-state index in [0.29, 0.717) is 6.54 Å². The summed E-state index contributed by atoms with van der Waals surface area (Å²) in [5, 5.41) is 13.9. The van der Waals surface area contributed by atoms with Gasteiger partial charge in [-0.3, -0.25) is 19.1 Å². The van der Waals surface area contributed by atoms with Gasteiger partial charge in [0.1, 0.15) is 11.2 Å². The Morgan fingerprint density at radius 2 is 1.69 bits per heavy atom. The Morgan fingerprint density at radius 1 is 1.06 bits per heavy atom. The van der Waals surface area contributed by atoms with E-state index in [9.17, 15) is 37.1 Å². The first-order valence-corrected chi connectivity index (χ1v) is 11.1. The second-order valence-electron chi connectivity index (χ2n) is 9.73. The second kappa shape index (κ2) is 7.79. The molecule has 1 N–H and O–H groups in total. The number of hydrogen-bond acceptors (Lipinski definition) is 4. The summed E-state index contributed by atoms with van der Waals surface area (Å²) in [5.74, 6) is -3.98. The van der Waals surface area contributed by atoms with Crippen molar-refractivity contribution < 1.29 is 37.1 Å². The molecule has 0 bridgehead atoms. The Labute approximate surface area is 197 Å². The van der Waals surface area contributed by atoms with Crippen molar-refractivity contribution in [2.75, 3.05) is 26.2 Å². The van der Waals surface area contributed by atoms with Crippen LogP contribution >= 0.6 is 0 Å². The molecule has 1 atom stereocenters. The van der Waals surface area contributed by atoms with E-state index in [0.717, 1.165) is 10.5 Å². The average molecular weight is 494 g/mol. The second-order valence-corrected chi connectivity index (χ2v) is 9.73. The molecular weight excluding hydrogens is 472 g/mol. The van der Waals surface area contributed by atoms with E-state index in [2.05, 4.69) is 5.10 Å². The fourth-order valence-electron chi connectivity index (χ4n) is 5.21. The van der Waals surface area contributed by atoms with Crippen LogP contribution in [-0.4, -0.2) is 74.8 Å². The van der Waals surface area contributed by atoms with Crippen molar-refractivity contribution in [2.45, 2.75) is 25.6 Å². The molecule has 5 rings (SSSR count). The molecule has 35 heavy (non-hydrogen) atoms. The predicted octanol–water partition coefficient (Wildman–Crippen LogP) is 2.40. The van der Waals surface area contributed by atoms with Gasteiger partial charge in [0.25, 0.3) is 5.91 Å². The first kappa shape index (κ1) is 23.3. The summed E-state index contributed by atoms with van der Waals surface area (Å²) in [6, 6.07) is 5.81. The fourth-order valence-corrected chi connectivity index (χ4v) is 5.21. The maximum absolute atomic E-state index is 13.3. The highest BCUT2D eigenvalue weighted by molar-refractivity contribution is 5.95. The standard InChI is InChI=1S/C23H22F4N4O4/c24-16-3-1-14(2-4-16)8-31-9-15(7-28-31)18(32)29-10-17(19(33)34)21(11-29)12-30(13-21)20(35)22(5-6-22)23(25,26)27/h1-4,7,9,17H,5-6,8,10-13H2,(H,33,34). The predicted molar refractivity (Wildman–Crippen MR) is 111 cm³/mol. The van der Waals surface area contributed by atoms with Crippen LogP contribution in [0.25, 0.3) is 0 Å². The van der Waals surface area contributed by atoms with E-state index in [-0.39, 0.29) is 50.4 Å². The molecule has 12 heteroatoms. The molecular formula is C23H22F4N4O4. The Kier molecular flexibility index (Phi) is 5.19. The minimum Gasteiger partial charge on any atom is -0.481 e. The molecule has 1 aliphatic carbocycles. The van der Waals surface area contributed by atoms with Crippen LogP contribution < -0.4 is 0 Å². The topological polar surface area (TPSA) is 95.7 Å². The van der Waals surface area contributed by atoms with Crippen molar-refractivity contribution in [3.8, 4) is 0 Å². The smallest absolute Gasteiger partial charge is 0.403 e. The van der Waals surface area contributed by atoms with Crippen LogP contribution in [0.1, 0.15) is 28.8 Å². The molecule has 2 aliphatic heterocycles. The zero-order valence-corrected chi connectivity index (χ0v) is 18.5. The van der Waals surface area contributed by atoms with Crippen LogP contribution in [0.15, 0.2) is 36.7 Å². The van der Waals surface area contributed by atoms with Crippen molar-refractivity contribution in [1.29, 1.82) is 0 Å². The Bertz CT molecular complexity index is 1180. The van der Waals surface area contributed by atoms with Crippen molar-refractivity contribution in [3.05, 3.63) is 53.6 Å². The van der Waals surface area contributed by atoms with Crippen LogP contribution in [0.3, 0.4) is 0 Å². The van der Waals surface area contributed by atoms with Crippen LogP contribution in [0.2, 0.25) is 0 Å². The third-order valence-electron chi connectivity index (χ3n) is 7.37. The number of likely N-dealkylation sites (tertiary alicyclic amines) is 2. The molecule has 3 fully saturated rings. The van der Waals surface area contributed by atoms with Crippen molar-refractivity contribution in [1.82, 2.24) is 19.6 Å². The highest BCUT2D eigenvalue weighted by Crippen LogP contribution is 2.60. The molecule has 0 radical (unpaired) electrons. The molecule has 2 aromatic rings. The zero-order valence-electron chi connectivity index (χ0n) is 18.5. The van der Waals surface area contributed by atoms with E-state index in [1.807, 2.05) is 0 Å². The molecule has 8 nitrogen and oxygen atoms in total. The summed E-state index contributed by atoms with van der Waals surface area (Å²) >= 11 is 0. The van der Waals surface area contributed by atoms with Gasteiger partial charge in [-0.15, -0.1) is 0 Å². The number of benzene rings is 1. The number of carboxylic acid groups (broad SMARTS) is 1. The Hall–Kier alpha value is -3.44. The van der Waals surface area contributed by atoms with E-state index in [1.54, 1.807) is 12.1 Å². The van der Waals surface area contributed by atoms with E-state index in [1.165, 1.54) is 34.1 Å². The summed E-state index contributed by atoms with van der Waals surface area (Å²) in [6.07, 6.45) is -2.29. The van der Waals surface area contributed by atoms with E-state index >= 15 is 0 Å². The van der Waals surface area contributed by atoms with Gasteiger partial charge >= 0.3 is 12.1 Å². The maximum Gasteiger partial charge on any atom is 0.403 e. The minimum atomic E-state index is -4.63. The highest BCUT2D eigenvalue weighted by atomic mass is 19.4. The molecule has 3 aliphatic rings. The van der Waals surface area contributed by atoms with Gasteiger partial charge in [0.15, 0.2) is 0 Å². The number of aliphatic carboxylic acids is 1. The molecule has 2 amide bonds. The third-order valence-corrected chi connectivity index (χ3v) is 7.37. The summed E-state index contributed by atoms with van der Waals surface area (Å²) in [4.78, 5) is 40.0. The highest BCUT2D eigenvalue weighted by Gasteiger charge is 2.71. The normalized spacial score (nSPS) is 22.2. The number of nitrogens with zero attached hydrogens (tertiary/aromatic N) is 4. The van der Waals surface area contributed by atoms with Crippen molar-refractivity contribution in [2.24, 2.45) is 16.7 Å². The molecule has 1 saturated carbocycles. The lowest BCUT2D eigenvalue weighted by Gasteiger charge is -2.50. The number of amides is 2. The summed E-state index contributed by atoms with van der Waals surface area (Å²) in [5.41, 5.74) is -2.33. The van der Waals surface area contributed by atoms with Crippen LogP contribution in [-0.2, 0) is 16.1 Å². The van der Waals surface area contributed by atoms with Gasteiger partial charge < -0.3 is 14.9 Å². The average Bonchev–Trinajstić information content (AvgIpc) is 3.31. The van der Waals surface area contributed by atoms with Crippen LogP contribution in [0, 0.1) is 22.6 Å². The number of carbonyl (C=O) groups excluding carboxylic acids is 2. The SMILES string of the molecule is O=C(O)C1CN(C(=O)c2cnn(Cc3ccc(F)cc3)c2)CC12CN(C(=O)C1(C(F)(F)F)CC1)C2. The summed E-state index contributed by atoms with van der Waals surface area (Å²) in [7, 11) is 0. The minimum absolute atomic E-state index is 0.0226. The van der Waals surface area contributed by atoms with Crippen molar-refractivity contribution in [3.63, 3.8) is 0 Å². The lowest BCUT2D eigenvalue weighted by atomic mass is 9.71. The molecule has 1 spiro atoms. The van der Waals surface area contributed by atoms with Gasteiger partial charge in [-0.1, -0.05) is 12.1 Å². The Balaban J connectivity index is 1.27. The van der Waals surface area contributed by atoms with Gasteiger partial charge in [0.05, 0.1) is 24.2 Å². The molecule has 2 saturated heterocycles. The number of rotatable bonds is 5. The number of hydrogen-bond donors (Lipinski definition) is 1. The Morgan fingerprint density at radius 3 is 2.26 bits per heavy atom. The van der Waals surface area contributed by atoms with Crippen LogP contribution in [0.5, 0.6) is 0 Å². The van der Waals surface area contributed by atoms with E-state index in [4.69, 9.17) is 0 Å². The number of carboxylic acids is 1. The molecule has 3 heterocycles.